The summed E-state index contributed by atoms with van der Waals surface area (Å²) in [5.41, 5.74) is 1.71. The molecule has 0 aliphatic carbocycles. The smallest absolute Gasteiger partial charge is 0.249 e. The molecule has 2 heterocycles. The summed E-state index contributed by atoms with van der Waals surface area (Å²) >= 11 is 0. The van der Waals surface area contributed by atoms with Crippen LogP contribution < -0.4 is 14.2 Å². The molecule has 0 spiro atoms. The minimum atomic E-state index is -0.217. The number of amides is 1. The maximum absolute atomic E-state index is 13.2. The zero-order valence-corrected chi connectivity index (χ0v) is 19.2. The van der Waals surface area contributed by atoms with Crippen LogP contribution in [0, 0.1) is 0 Å². The third-order valence-corrected chi connectivity index (χ3v) is 5.61. The highest BCUT2D eigenvalue weighted by molar-refractivity contribution is 5.79. The monoisotopic (exact) mass is 451 g/mol. The second kappa shape index (κ2) is 10.4. The molecule has 8 heteroatoms. The van der Waals surface area contributed by atoms with E-state index in [9.17, 15) is 4.79 Å². The van der Waals surface area contributed by atoms with Gasteiger partial charge in [-0.15, -0.1) is 0 Å². The van der Waals surface area contributed by atoms with Gasteiger partial charge in [-0.1, -0.05) is 11.2 Å². The molecule has 0 N–H and O–H groups in total. The van der Waals surface area contributed by atoms with Gasteiger partial charge in [-0.2, -0.15) is 4.98 Å². The molecule has 1 unspecified atom stereocenters. The lowest BCUT2D eigenvalue weighted by atomic mass is 10.1. The summed E-state index contributed by atoms with van der Waals surface area (Å²) in [6.45, 7) is 5.60. The van der Waals surface area contributed by atoms with Crippen molar-refractivity contribution in [2.45, 2.75) is 39.2 Å². The average Bonchev–Trinajstić information content (AvgIpc) is 3.51. The summed E-state index contributed by atoms with van der Waals surface area (Å²) in [5, 5.41) is 4.13. The van der Waals surface area contributed by atoms with Crippen molar-refractivity contribution in [2.24, 2.45) is 0 Å². The van der Waals surface area contributed by atoms with Crippen molar-refractivity contribution in [3.63, 3.8) is 0 Å². The third-order valence-electron chi connectivity index (χ3n) is 5.61. The first-order valence-corrected chi connectivity index (χ1v) is 11.3. The first-order chi connectivity index (χ1) is 16.1. The Labute approximate surface area is 193 Å². The molecule has 0 radical (unpaired) electrons. The fourth-order valence-electron chi connectivity index (χ4n) is 4.03. The molecule has 1 aliphatic rings. The van der Waals surface area contributed by atoms with Gasteiger partial charge in [-0.3, -0.25) is 4.79 Å². The van der Waals surface area contributed by atoms with E-state index in [1.54, 1.807) is 7.11 Å². The van der Waals surface area contributed by atoms with E-state index in [1.807, 2.05) is 61.2 Å². The SMILES string of the molecule is CCOc1ccc(CC(=O)N2CCCC2c2nc(-c3ccc(OC)cc3)no2)cc1OCC. The molecule has 174 valence electrons. The van der Waals surface area contributed by atoms with Gasteiger partial charge in [0.2, 0.25) is 17.6 Å². The summed E-state index contributed by atoms with van der Waals surface area (Å²) in [5.74, 6) is 3.09. The van der Waals surface area contributed by atoms with Gasteiger partial charge < -0.3 is 23.6 Å². The fourth-order valence-corrected chi connectivity index (χ4v) is 4.03. The molecule has 33 heavy (non-hydrogen) atoms. The second-order valence-corrected chi connectivity index (χ2v) is 7.75. The summed E-state index contributed by atoms with van der Waals surface area (Å²) in [6, 6.07) is 12.9. The number of carbonyl (C=O) groups is 1. The minimum absolute atomic E-state index is 0.0216. The minimum Gasteiger partial charge on any atom is -0.497 e. The maximum Gasteiger partial charge on any atom is 0.249 e. The standard InChI is InChI=1S/C25H29N3O5/c1-4-31-21-13-8-17(15-22(21)32-5-2)16-23(29)28-14-6-7-20(28)25-26-24(27-33-25)18-9-11-19(30-3)12-10-18/h8-13,15,20H,4-7,14,16H2,1-3H3. The molecular formula is C25H29N3O5. The lowest BCUT2D eigenvalue weighted by Gasteiger charge is -2.22. The first-order valence-electron chi connectivity index (χ1n) is 11.3. The van der Waals surface area contributed by atoms with Crippen molar-refractivity contribution in [2.75, 3.05) is 26.9 Å². The van der Waals surface area contributed by atoms with E-state index in [0.29, 0.717) is 43.0 Å². The molecule has 2 aromatic carbocycles. The topological polar surface area (TPSA) is 86.9 Å². The van der Waals surface area contributed by atoms with Gasteiger partial charge in [-0.25, -0.2) is 0 Å². The Morgan fingerprint density at radius 1 is 1.09 bits per heavy atom. The maximum atomic E-state index is 13.2. The highest BCUT2D eigenvalue weighted by atomic mass is 16.5. The molecule has 1 aliphatic heterocycles. The molecule has 3 aromatic rings. The molecule has 1 amide bonds. The van der Waals surface area contributed by atoms with Crippen molar-refractivity contribution in [1.29, 1.82) is 0 Å². The van der Waals surface area contributed by atoms with Crippen molar-refractivity contribution in [1.82, 2.24) is 15.0 Å². The quantitative estimate of drug-likeness (QED) is 0.475. The number of aromatic nitrogens is 2. The lowest BCUT2D eigenvalue weighted by Crippen LogP contribution is -2.32. The van der Waals surface area contributed by atoms with Crippen LogP contribution in [0.2, 0.25) is 0 Å². The van der Waals surface area contributed by atoms with Gasteiger partial charge in [0.15, 0.2) is 11.5 Å². The highest BCUT2D eigenvalue weighted by Gasteiger charge is 2.34. The first kappa shape index (κ1) is 22.6. The summed E-state index contributed by atoms with van der Waals surface area (Å²) in [4.78, 5) is 19.6. The molecule has 4 rings (SSSR count). The molecule has 1 fully saturated rings. The Bertz CT molecular complexity index is 1080. The highest BCUT2D eigenvalue weighted by Crippen LogP contribution is 2.34. The van der Waals surface area contributed by atoms with E-state index in [0.717, 1.165) is 29.7 Å². The Hall–Kier alpha value is -3.55. The number of nitrogens with zero attached hydrogens (tertiary/aromatic N) is 3. The van der Waals surface area contributed by atoms with E-state index in [2.05, 4.69) is 10.1 Å². The molecular weight excluding hydrogens is 422 g/mol. The molecule has 1 saturated heterocycles. The van der Waals surface area contributed by atoms with E-state index in [4.69, 9.17) is 18.7 Å². The van der Waals surface area contributed by atoms with Gasteiger partial charge in [-0.05, 0) is 68.7 Å². The summed E-state index contributed by atoms with van der Waals surface area (Å²) in [6.07, 6.45) is 1.95. The number of hydrogen-bond acceptors (Lipinski definition) is 7. The number of carbonyl (C=O) groups excluding carboxylic acids is 1. The average molecular weight is 452 g/mol. The van der Waals surface area contributed by atoms with Crippen LogP contribution in [0.5, 0.6) is 17.2 Å². The zero-order chi connectivity index (χ0) is 23.2. The number of rotatable bonds is 9. The van der Waals surface area contributed by atoms with Crippen LogP contribution in [-0.4, -0.2) is 47.8 Å². The van der Waals surface area contributed by atoms with Crippen molar-refractivity contribution < 1.29 is 23.5 Å². The predicted octanol–water partition coefficient (Wildman–Crippen LogP) is 4.45. The van der Waals surface area contributed by atoms with Crippen LogP contribution in [0.4, 0.5) is 0 Å². The Morgan fingerprint density at radius 3 is 2.58 bits per heavy atom. The Kier molecular flexibility index (Phi) is 7.12. The second-order valence-electron chi connectivity index (χ2n) is 7.75. The summed E-state index contributed by atoms with van der Waals surface area (Å²) in [7, 11) is 1.62. The van der Waals surface area contributed by atoms with Gasteiger partial charge in [0, 0.05) is 12.1 Å². The molecule has 0 saturated carbocycles. The Morgan fingerprint density at radius 2 is 1.85 bits per heavy atom. The van der Waals surface area contributed by atoms with E-state index in [-0.39, 0.29) is 18.4 Å². The van der Waals surface area contributed by atoms with E-state index >= 15 is 0 Å². The fraction of sp³-hybridized carbons (Fsp3) is 0.400. The van der Waals surface area contributed by atoms with Crippen LogP contribution in [0.1, 0.15) is 44.2 Å². The number of hydrogen-bond donors (Lipinski definition) is 0. The number of benzene rings is 2. The molecule has 8 nitrogen and oxygen atoms in total. The van der Waals surface area contributed by atoms with Crippen molar-refractivity contribution in [3.05, 3.63) is 53.9 Å². The Balaban J connectivity index is 1.47. The zero-order valence-electron chi connectivity index (χ0n) is 19.2. The van der Waals surface area contributed by atoms with Crippen molar-refractivity contribution in [3.8, 4) is 28.6 Å². The number of ether oxygens (including phenoxy) is 3. The van der Waals surface area contributed by atoms with Crippen LogP contribution in [0.15, 0.2) is 47.0 Å². The van der Waals surface area contributed by atoms with Gasteiger partial charge >= 0.3 is 0 Å². The molecule has 1 atom stereocenters. The van der Waals surface area contributed by atoms with Gasteiger partial charge in [0.25, 0.3) is 0 Å². The predicted molar refractivity (Wildman–Crippen MR) is 122 cm³/mol. The van der Waals surface area contributed by atoms with Gasteiger partial charge in [0.05, 0.1) is 26.7 Å². The largest absolute Gasteiger partial charge is 0.497 e. The lowest BCUT2D eigenvalue weighted by molar-refractivity contribution is -0.131. The molecule has 0 bridgehead atoms. The van der Waals surface area contributed by atoms with Crippen LogP contribution in [0.25, 0.3) is 11.4 Å². The van der Waals surface area contributed by atoms with Crippen molar-refractivity contribution >= 4 is 5.91 Å². The van der Waals surface area contributed by atoms with Crippen LogP contribution >= 0.6 is 0 Å². The summed E-state index contributed by atoms with van der Waals surface area (Å²) < 4.78 is 22.1. The van der Waals surface area contributed by atoms with E-state index < -0.39 is 0 Å². The van der Waals surface area contributed by atoms with Crippen LogP contribution in [-0.2, 0) is 11.2 Å². The molecule has 1 aromatic heterocycles. The van der Waals surface area contributed by atoms with Gasteiger partial charge in [0.1, 0.15) is 11.8 Å². The number of likely N-dealkylation sites (tertiary alicyclic amines) is 1. The van der Waals surface area contributed by atoms with Crippen LogP contribution in [0.3, 0.4) is 0 Å². The van der Waals surface area contributed by atoms with E-state index in [1.165, 1.54) is 0 Å². The normalized spacial score (nSPS) is 15.5. The number of methoxy groups -OCH3 is 1. The third kappa shape index (κ3) is 5.10.